The highest BCUT2D eigenvalue weighted by Crippen LogP contribution is 2.24. The van der Waals surface area contributed by atoms with E-state index >= 15 is 0 Å². The number of hydrogen-bond donors (Lipinski definition) is 2. The van der Waals surface area contributed by atoms with Crippen LogP contribution in [-0.2, 0) is 10.0 Å². The van der Waals surface area contributed by atoms with E-state index in [-0.39, 0.29) is 10.5 Å². The molecule has 1 aromatic carbocycles. The maximum absolute atomic E-state index is 12.2. The number of nitrogens with one attached hydrogen (secondary N) is 1. The van der Waals surface area contributed by atoms with Crippen LogP contribution in [0.1, 0.15) is 41.6 Å². The number of aromatic carboxylic acids is 1. The van der Waals surface area contributed by atoms with Crippen LogP contribution in [-0.4, -0.2) is 26.0 Å². The minimum Gasteiger partial charge on any atom is -0.478 e. The molecule has 0 aromatic heterocycles. The number of carboxylic acids is 1. The molecule has 1 aliphatic rings. The molecule has 0 heterocycles. The monoisotopic (exact) mass is 297 g/mol. The lowest BCUT2D eigenvalue weighted by Gasteiger charge is -2.12. The Kier molecular flexibility index (Phi) is 4.45. The van der Waals surface area contributed by atoms with E-state index in [1.807, 2.05) is 0 Å². The number of carbonyl (C=O) groups is 1. The minimum absolute atomic E-state index is 0.0125. The molecule has 0 spiro atoms. The Balaban J connectivity index is 2.16. The number of benzene rings is 1. The molecule has 110 valence electrons. The Hall–Kier alpha value is -1.40. The van der Waals surface area contributed by atoms with E-state index in [1.54, 1.807) is 6.92 Å². The summed E-state index contributed by atoms with van der Waals surface area (Å²) in [6.45, 7) is 2.07. The molecule has 0 saturated heterocycles. The van der Waals surface area contributed by atoms with Gasteiger partial charge in [0, 0.05) is 6.54 Å². The van der Waals surface area contributed by atoms with Gasteiger partial charge in [-0.1, -0.05) is 18.9 Å². The molecule has 2 N–H and O–H groups in total. The van der Waals surface area contributed by atoms with E-state index in [0.29, 0.717) is 18.0 Å². The molecule has 1 saturated carbocycles. The summed E-state index contributed by atoms with van der Waals surface area (Å²) in [4.78, 5) is 11.1. The Labute approximate surface area is 119 Å². The van der Waals surface area contributed by atoms with Crippen LogP contribution in [0.4, 0.5) is 0 Å². The molecule has 1 aromatic rings. The average Bonchev–Trinajstić information content (AvgIpc) is 2.89. The molecule has 0 radical (unpaired) electrons. The second-order valence-electron chi connectivity index (χ2n) is 5.28. The summed E-state index contributed by atoms with van der Waals surface area (Å²) >= 11 is 0. The fraction of sp³-hybridized carbons (Fsp3) is 0.500. The van der Waals surface area contributed by atoms with Gasteiger partial charge >= 0.3 is 5.97 Å². The Bertz CT molecular complexity index is 604. The van der Waals surface area contributed by atoms with Gasteiger partial charge in [0.2, 0.25) is 10.0 Å². The molecule has 6 heteroatoms. The predicted molar refractivity (Wildman–Crippen MR) is 75.3 cm³/mol. The summed E-state index contributed by atoms with van der Waals surface area (Å²) in [6, 6.07) is 4.18. The zero-order valence-electron chi connectivity index (χ0n) is 11.4. The number of hydrogen-bond acceptors (Lipinski definition) is 3. The number of aryl methyl sites for hydroxylation is 1. The third-order valence-corrected chi connectivity index (χ3v) is 5.21. The van der Waals surface area contributed by atoms with Gasteiger partial charge < -0.3 is 5.11 Å². The van der Waals surface area contributed by atoms with Crippen LogP contribution < -0.4 is 4.72 Å². The molecule has 0 aliphatic heterocycles. The van der Waals surface area contributed by atoms with Crippen LogP contribution in [0.5, 0.6) is 0 Å². The molecule has 0 atom stereocenters. The zero-order chi connectivity index (χ0) is 14.8. The van der Waals surface area contributed by atoms with Crippen LogP contribution in [0.25, 0.3) is 0 Å². The molecule has 1 aliphatic carbocycles. The van der Waals surface area contributed by atoms with Gasteiger partial charge in [0.25, 0.3) is 0 Å². The first-order valence-electron chi connectivity index (χ1n) is 6.74. The van der Waals surface area contributed by atoms with Crippen molar-refractivity contribution in [2.24, 2.45) is 5.92 Å². The summed E-state index contributed by atoms with van der Waals surface area (Å²) in [5.41, 5.74) is 0.570. The second-order valence-corrected chi connectivity index (χ2v) is 7.05. The summed E-state index contributed by atoms with van der Waals surface area (Å²) in [7, 11) is -3.63. The van der Waals surface area contributed by atoms with Gasteiger partial charge in [0.15, 0.2) is 0 Å². The largest absolute Gasteiger partial charge is 0.478 e. The van der Waals surface area contributed by atoms with Gasteiger partial charge in [-0.3, -0.25) is 0 Å². The van der Waals surface area contributed by atoms with Crippen molar-refractivity contribution in [1.82, 2.24) is 4.72 Å². The molecule has 0 unspecified atom stereocenters. The summed E-state index contributed by atoms with van der Waals surface area (Å²) in [6.07, 6.45) is 4.41. The summed E-state index contributed by atoms with van der Waals surface area (Å²) in [5.74, 6) is -0.718. The third kappa shape index (κ3) is 3.37. The molecule has 2 rings (SSSR count). The molecular weight excluding hydrogens is 278 g/mol. The molecular formula is C14H19NO4S. The van der Waals surface area contributed by atoms with Crippen molar-refractivity contribution >= 4 is 16.0 Å². The van der Waals surface area contributed by atoms with Crippen molar-refractivity contribution in [3.8, 4) is 0 Å². The quantitative estimate of drug-likeness (QED) is 0.872. The van der Waals surface area contributed by atoms with Crippen LogP contribution >= 0.6 is 0 Å². The lowest BCUT2D eigenvalue weighted by molar-refractivity contribution is 0.0696. The summed E-state index contributed by atoms with van der Waals surface area (Å²) < 4.78 is 26.9. The SMILES string of the molecule is Cc1ccc(S(=O)(=O)NCC2CCCC2)cc1C(=O)O. The first-order chi connectivity index (χ1) is 9.40. The van der Waals surface area contributed by atoms with E-state index in [0.717, 1.165) is 25.7 Å². The highest BCUT2D eigenvalue weighted by atomic mass is 32.2. The second kappa shape index (κ2) is 5.93. The van der Waals surface area contributed by atoms with Crippen LogP contribution in [0.3, 0.4) is 0 Å². The highest BCUT2D eigenvalue weighted by Gasteiger charge is 2.21. The smallest absolute Gasteiger partial charge is 0.335 e. The number of carboxylic acid groups (broad SMARTS) is 1. The van der Waals surface area contributed by atoms with E-state index in [1.165, 1.54) is 18.2 Å². The lowest BCUT2D eigenvalue weighted by Crippen LogP contribution is -2.28. The summed E-state index contributed by atoms with van der Waals surface area (Å²) in [5, 5.41) is 9.04. The molecule has 20 heavy (non-hydrogen) atoms. The molecule has 0 amide bonds. The fourth-order valence-corrected chi connectivity index (χ4v) is 3.67. The average molecular weight is 297 g/mol. The van der Waals surface area contributed by atoms with Crippen LogP contribution in [0.2, 0.25) is 0 Å². The molecule has 1 fully saturated rings. The van der Waals surface area contributed by atoms with Crippen LogP contribution in [0, 0.1) is 12.8 Å². The first kappa shape index (κ1) is 15.0. The van der Waals surface area contributed by atoms with E-state index in [9.17, 15) is 13.2 Å². The van der Waals surface area contributed by atoms with E-state index < -0.39 is 16.0 Å². The van der Waals surface area contributed by atoms with Crippen molar-refractivity contribution < 1.29 is 18.3 Å². The standard InChI is InChI=1S/C14H19NO4S/c1-10-6-7-12(8-13(10)14(16)17)20(18,19)15-9-11-4-2-3-5-11/h6-8,11,15H,2-5,9H2,1H3,(H,16,17). The first-order valence-corrected chi connectivity index (χ1v) is 8.22. The Morgan fingerprint density at radius 1 is 1.35 bits per heavy atom. The lowest BCUT2D eigenvalue weighted by atomic mass is 10.1. The highest BCUT2D eigenvalue weighted by molar-refractivity contribution is 7.89. The molecule has 5 nitrogen and oxygen atoms in total. The number of sulfonamides is 1. The topological polar surface area (TPSA) is 83.5 Å². The van der Waals surface area contributed by atoms with Crippen molar-refractivity contribution in [2.75, 3.05) is 6.54 Å². The van der Waals surface area contributed by atoms with Gasteiger partial charge in [-0.15, -0.1) is 0 Å². The Morgan fingerprint density at radius 2 is 2.00 bits per heavy atom. The number of rotatable bonds is 5. The Morgan fingerprint density at radius 3 is 2.60 bits per heavy atom. The van der Waals surface area contributed by atoms with Gasteiger partial charge in [-0.25, -0.2) is 17.9 Å². The third-order valence-electron chi connectivity index (χ3n) is 3.79. The molecule has 0 bridgehead atoms. The van der Waals surface area contributed by atoms with Crippen molar-refractivity contribution in [3.05, 3.63) is 29.3 Å². The van der Waals surface area contributed by atoms with Gasteiger partial charge in [0.1, 0.15) is 0 Å². The van der Waals surface area contributed by atoms with E-state index in [4.69, 9.17) is 5.11 Å². The van der Waals surface area contributed by atoms with Gasteiger partial charge in [-0.2, -0.15) is 0 Å². The minimum atomic E-state index is -3.63. The van der Waals surface area contributed by atoms with Crippen molar-refractivity contribution in [2.45, 2.75) is 37.5 Å². The maximum Gasteiger partial charge on any atom is 0.335 e. The van der Waals surface area contributed by atoms with Crippen molar-refractivity contribution in [3.63, 3.8) is 0 Å². The van der Waals surface area contributed by atoms with Gasteiger partial charge in [0.05, 0.1) is 10.5 Å². The fourth-order valence-electron chi connectivity index (χ4n) is 2.52. The van der Waals surface area contributed by atoms with Gasteiger partial charge in [-0.05, 0) is 43.4 Å². The maximum atomic E-state index is 12.2. The normalized spacial score (nSPS) is 16.4. The predicted octanol–water partition coefficient (Wildman–Crippen LogP) is 2.16. The van der Waals surface area contributed by atoms with Crippen LogP contribution in [0.15, 0.2) is 23.1 Å². The zero-order valence-corrected chi connectivity index (χ0v) is 12.2. The van der Waals surface area contributed by atoms with Crippen molar-refractivity contribution in [1.29, 1.82) is 0 Å². The van der Waals surface area contributed by atoms with E-state index in [2.05, 4.69) is 4.72 Å².